The van der Waals surface area contributed by atoms with Crippen LogP contribution < -0.4 is 5.32 Å². The van der Waals surface area contributed by atoms with Crippen molar-refractivity contribution < 1.29 is 9.53 Å². The van der Waals surface area contributed by atoms with Gasteiger partial charge in [0.05, 0.1) is 18.3 Å². The third-order valence-electron chi connectivity index (χ3n) is 3.52. The predicted octanol–water partition coefficient (Wildman–Crippen LogP) is 2.16. The highest BCUT2D eigenvalue weighted by atomic mass is 16.5. The van der Waals surface area contributed by atoms with Crippen molar-refractivity contribution >= 4 is 11.6 Å². The Hall–Kier alpha value is -2.73. The Morgan fingerprint density at radius 1 is 1.30 bits per heavy atom. The number of aromatic nitrogens is 3. The summed E-state index contributed by atoms with van der Waals surface area (Å²) in [6.45, 7) is 2.34. The molecule has 6 heteroatoms. The number of amides is 1. The molecule has 1 amide bonds. The highest BCUT2D eigenvalue weighted by molar-refractivity contribution is 5.93. The summed E-state index contributed by atoms with van der Waals surface area (Å²) in [5.74, 6) is -0.251. The van der Waals surface area contributed by atoms with Crippen LogP contribution in [0.4, 0.5) is 0 Å². The molecule has 23 heavy (non-hydrogen) atoms. The number of carbonyl (C=O) groups is 1. The highest BCUT2D eigenvalue weighted by Gasteiger charge is 2.18. The van der Waals surface area contributed by atoms with Gasteiger partial charge in [-0.05, 0) is 30.7 Å². The standard InChI is InChI=1S/C17H18N4O2/c1-12-6-7-16-19-14(10-21(16)9-12)17(22)20-15(11-23-2)13-5-3-4-8-18-13/h3-10,15H,11H2,1-2H3,(H,20,22). The molecule has 0 saturated heterocycles. The Labute approximate surface area is 134 Å². The number of carbonyl (C=O) groups excluding carboxylic acids is 1. The summed E-state index contributed by atoms with van der Waals surface area (Å²) in [7, 11) is 1.59. The first-order valence-electron chi connectivity index (χ1n) is 7.33. The Balaban J connectivity index is 1.83. The van der Waals surface area contributed by atoms with E-state index in [0.717, 1.165) is 16.9 Å². The lowest BCUT2D eigenvalue weighted by atomic mass is 10.2. The van der Waals surface area contributed by atoms with Gasteiger partial charge in [-0.15, -0.1) is 0 Å². The second-order valence-corrected chi connectivity index (χ2v) is 5.33. The minimum absolute atomic E-state index is 0.251. The molecule has 1 unspecified atom stereocenters. The third-order valence-corrected chi connectivity index (χ3v) is 3.52. The molecule has 0 fully saturated rings. The maximum atomic E-state index is 12.5. The van der Waals surface area contributed by atoms with Gasteiger partial charge in [-0.3, -0.25) is 9.78 Å². The van der Waals surface area contributed by atoms with Gasteiger partial charge in [-0.25, -0.2) is 4.98 Å². The van der Waals surface area contributed by atoms with Gasteiger partial charge in [0.25, 0.3) is 5.91 Å². The smallest absolute Gasteiger partial charge is 0.272 e. The van der Waals surface area contributed by atoms with E-state index in [9.17, 15) is 4.79 Å². The Morgan fingerprint density at radius 2 is 2.17 bits per heavy atom. The lowest BCUT2D eigenvalue weighted by Gasteiger charge is -2.16. The fourth-order valence-electron chi connectivity index (χ4n) is 2.39. The Bertz CT molecular complexity index is 814. The van der Waals surface area contributed by atoms with E-state index in [4.69, 9.17) is 4.74 Å². The van der Waals surface area contributed by atoms with Crippen LogP contribution in [0.25, 0.3) is 5.65 Å². The number of hydrogen-bond donors (Lipinski definition) is 1. The quantitative estimate of drug-likeness (QED) is 0.784. The van der Waals surface area contributed by atoms with E-state index < -0.39 is 0 Å². The molecule has 3 heterocycles. The first-order chi connectivity index (χ1) is 11.2. The Morgan fingerprint density at radius 3 is 2.91 bits per heavy atom. The van der Waals surface area contributed by atoms with Crippen molar-refractivity contribution in [2.24, 2.45) is 0 Å². The fourth-order valence-corrected chi connectivity index (χ4v) is 2.39. The number of aryl methyl sites for hydroxylation is 1. The normalized spacial score (nSPS) is 12.3. The molecule has 0 aliphatic heterocycles. The van der Waals surface area contributed by atoms with E-state index in [1.807, 2.05) is 47.9 Å². The van der Waals surface area contributed by atoms with Gasteiger partial charge >= 0.3 is 0 Å². The third kappa shape index (κ3) is 3.37. The molecule has 3 aromatic rings. The lowest BCUT2D eigenvalue weighted by molar-refractivity contribution is 0.0890. The number of pyridine rings is 2. The minimum Gasteiger partial charge on any atom is -0.382 e. The molecule has 1 atom stereocenters. The van der Waals surface area contributed by atoms with Crippen LogP contribution >= 0.6 is 0 Å². The van der Waals surface area contributed by atoms with Crippen LogP contribution in [0.3, 0.4) is 0 Å². The summed E-state index contributed by atoms with van der Waals surface area (Å²) in [6, 6.07) is 9.10. The SMILES string of the molecule is COCC(NC(=O)c1cn2cc(C)ccc2n1)c1ccccn1. The molecule has 1 N–H and O–H groups in total. The van der Waals surface area contributed by atoms with Crippen molar-refractivity contribution in [3.8, 4) is 0 Å². The van der Waals surface area contributed by atoms with Gasteiger partial charge in [0.2, 0.25) is 0 Å². The number of imidazole rings is 1. The second kappa shape index (κ2) is 6.58. The van der Waals surface area contributed by atoms with Gasteiger partial charge in [-0.2, -0.15) is 0 Å². The van der Waals surface area contributed by atoms with E-state index in [-0.39, 0.29) is 11.9 Å². The zero-order valence-corrected chi connectivity index (χ0v) is 13.1. The maximum absolute atomic E-state index is 12.5. The van der Waals surface area contributed by atoms with Crippen LogP contribution in [-0.2, 0) is 4.74 Å². The summed E-state index contributed by atoms with van der Waals surface area (Å²) < 4.78 is 7.03. The minimum atomic E-state index is -0.319. The van der Waals surface area contributed by atoms with E-state index in [0.29, 0.717) is 12.3 Å². The number of methoxy groups -OCH3 is 1. The van der Waals surface area contributed by atoms with Crippen molar-refractivity contribution in [1.29, 1.82) is 0 Å². The molecule has 0 aromatic carbocycles. The van der Waals surface area contributed by atoms with Crippen molar-refractivity contribution in [1.82, 2.24) is 19.7 Å². The molecule has 0 aliphatic carbocycles. The number of nitrogens with one attached hydrogen (secondary N) is 1. The van der Waals surface area contributed by atoms with E-state index in [2.05, 4.69) is 15.3 Å². The summed E-state index contributed by atoms with van der Waals surface area (Å²) in [5, 5.41) is 2.92. The monoisotopic (exact) mass is 310 g/mol. The summed E-state index contributed by atoms with van der Waals surface area (Å²) >= 11 is 0. The summed E-state index contributed by atoms with van der Waals surface area (Å²) in [6.07, 6.45) is 5.35. The molecule has 0 radical (unpaired) electrons. The van der Waals surface area contributed by atoms with Crippen molar-refractivity contribution in [2.75, 3.05) is 13.7 Å². The van der Waals surface area contributed by atoms with Crippen LogP contribution in [-0.4, -0.2) is 34.0 Å². The maximum Gasteiger partial charge on any atom is 0.272 e. The number of rotatable bonds is 5. The molecule has 3 aromatic heterocycles. The molecule has 0 aliphatic rings. The topological polar surface area (TPSA) is 68.5 Å². The van der Waals surface area contributed by atoms with Crippen molar-refractivity contribution in [3.63, 3.8) is 0 Å². The largest absolute Gasteiger partial charge is 0.382 e. The lowest BCUT2D eigenvalue weighted by Crippen LogP contribution is -2.32. The number of hydrogen-bond acceptors (Lipinski definition) is 4. The summed E-state index contributed by atoms with van der Waals surface area (Å²) in [4.78, 5) is 21.1. The predicted molar refractivity (Wildman–Crippen MR) is 86.2 cm³/mol. The van der Waals surface area contributed by atoms with Crippen molar-refractivity contribution in [2.45, 2.75) is 13.0 Å². The second-order valence-electron chi connectivity index (χ2n) is 5.33. The zero-order valence-electron chi connectivity index (χ0n) is 13.1. The van der Waals surface area contributed by atoms with Gasteiger partial charge < -0.3 is 14.5 Å². The van der Waals surface area contributed by atoms with Crippen molar-refractivity contribution in [3.05, 3.63) is 65.9 Å². The van der Waals surface area contributed by atoms with Crippen LogP contribution in [0, 0.1) is 6.92 Å². The summed E-state index contributed by atoms with van der Waals surface area (Å²) in [5.41, 5.74) is 2.96. The van der Waals surface area contributed by atoms with Crippen LogP contribution in [0.2, 0.25) is 0 Å². The van der Waals surface area contributed by atoms with Gasteiger partial charge in [0.1, 0.15) is 11.3 Å². The number of ether oxygens (including phenoxy) is 1. The van der Waals surface area contributed by atoms with Gasteiger partial charge in [0.15, 0.2) is 0 Å². The van der Waals surface area contributed by atoms with E-state index in [1.165, 1.54) is 0 Å². The van der Waals surface area contributed by atoms with Crippen LogP contribution in [0.5, 0.6) is 0 Å². The Kier molecular flexibility index (Phi) is 4.34. The average molecular weight is 310 g/mol. The van der Waals surface area contributed by atoms with E-state index >= 15 is 0 Å². The molecule has 118 valence electrons. The van der Waals surface area contributed by atoms with Crippen LogP contribution in [0.1, 0.15) is 27.8 Å². The highest BCUT2D eigenvalue weighted by Crippen LogP contribution is 2.12. The van der Waals surface area contributed by atoms with Gasteiger partial charge in [0, 0.05) is 25.7 Å². The van der Waals surface area contributed by atoms with Crippen LogP contribution in [0.15, 0.2) is 48.9 Å². The fraction of sp³-hybridized carbons (Fsp3) is 0.235. The molecule has 0 spiro atoms. The zero-order chi connectivity index (χ0) is 16.2. The molecular weight excluding hydrogens is 292 g/mol. The molecule has 3 rings (SSSR count). The molecule has 6 nitrogen and oxygen atoms in total. The average Bonchev–Trinajstić information content (AvgIpc) is 2.98. The number of nitrogens with zero attached hydrogens (tertiary/aromatic N) is 3. The number of fused-ring (bicyclic) bond motifs is 1. The molecule has 0 bridgehead atoms. The van der Waals surface area contributed by atoms with E-state index in [1.54, 1.807) is 19.5 Å². The van der Waals surface area contributed by atoms with Gasteiger partial charge in [-0.1, -0.05) is 12.1 Å². The first kappa shape index (κ1) is 15.2. The molecule has 0 saturated carbocycles. The first-order valence-corrected chi connectivity index (χ1v) is 7.33. The molecular formula is C17H18N4O2.